The highest BCUT2D eigenvalue weighted by atomic mass is 28.3. The maximum atomic E-state index is 15.3. The molecular formula is C31H40F2N6O4Si. The summed E-state index contributed by atoms with van der Waals surface area (Å²) >= 11 is 0. The largest absolute Gasteiger partial charge is 0.450 e. The molecule has 4 heterocycles. The highest BCUT2D eigenvalue weighted by molar-refractivity contribution is 6.76. The van der Waals surface area contributed by atoms with Crippen LogP contribution in [0.5, 0.6) is 11.5 Å². The van der Waals surface area contributed by atoms with Gasteiger partial charge in [-0.05, 0) is 32.0 Å². The van der Waals surface area contributed by atoms with Gasteiger partial charge >= 0.3 is 6.03 Å². The van der Waals surface area contributed by atoms with Crippen LogP contribution in [-0.2, 0) is 16.2 Å². The summed E-state index contributed by atoms with van der Waals surface area (Å²) in [5.74, 6) is -2.33. The molecule has 4 aromatic rings. The first-order chi connectivity index (χ1) is 20.8. The molecule has 236 valence electrons. The summed E-state index contributed by atoms with van der Waals surface area (Å²) in [7, 11) is -1.28. The van der Waals surface area contributed by atoms with E-state index < -0.39 is 31.5 Å². The SMILES string of the molecule is CC(C)n1ccc(-c2cn(COCC[Si](C)(C)C)c3nccc(Oc4c(F)cc(NC(=O)NCC5(C)COC5)cc4F)c23)n1. The number of hydrogen-bond acceptors (Lipinski definition) is 6. The first kappa shape index (κ1) is 31.6. The van der Waals surface area contributed by atoms with Gasteiger partial charge in [0.15, 0.2) is 17.4 Å². The van der Waals surface area contributed by atoms with Crippen molar-refractivity contribution in [3.63, 3.8) is 0 Å². The maximum absolute atomic E-state index is 15.3. The Balaban J connectivity index is 1.42. The second-order valence-corrected chi connectivity index (χ2v) is 18.7. The van der Waals surface area contributed by atoms with Crippen molar-refractivity contribution in [2.45, 2.75) is 59.2 Å². The lowest BCUT2D eigenvalue weighted by Gasteiger charge is -2.37. The number of hydrogen-bond donors (Lipinski definition) is 2. The van der Waals surface area contributed by atoms with Gasteiger partial charge in [0.1, 0.15) is 18.1 Å². The zero-order valence-corrected chi connectivity index (χ0v) is 27.0. The Morgan fingerprint density at radius 2 is 1.91 bits per heavy atom. The van der Waals surface area contributed by atoms with Crippen molar-refractivity contribution in [2.75, 3.05) is 31.7 Å². The fourth-order valence-electron chi connectivity index (χ4n) is 4.74. The van der Waals surface area contributed by atoms with E-state index in [0.717, 1.165) is 18.2 Å². The lowest BCUT2D eigenvalue weighted by Crippen LogP contribution is -2.49. The Labute approximate surface area is 256 Å². The third-order valence-electron chi connectivity index (χ3n) is 7.40. The van der Waals surface area contributed by atoms with E-state index in [-0.39, 0.29) is 29.6 Å². The minimum Gasteiger partial charge on any atom is -0.450 e. The lowest BCUT2D eigenvalue weighted by molar-refractivity contribution is -0.0974. The maximum Gasteiger partial charge on any atom is 0.319 e. The van der Waals surface area contributed by atoms with Crippen LogP contribution in [0, 0.1) is 17.0 Å². The summed E-state index contributed by atoms with van der Waals surface area (Å²) in [5.41, 5.74) is 1.70. The van der Waals surface area contributed by atoms with Gasteiger partial charge in [-0.2, -0.15) is 5.10 Å². The van der Waals surface area contributed by atoms with Crippen LogP contribution in [0.3, 0.4) is 0 Å². The Bertz CT molecular complexity index is 1620. The summed E-state index contributed by atoms with van der Waals surface area (Å²) in [6, 6.07) is 6.07. The van der Waals surface area contributed by atoms with Gasteiger partial charge in [-0.25, -0.2) is 18.6 Å². The predicted octanol–water partition coefficient (Wildman–Crippen LogP) is 7.02. The van der Waals surface area contributed by atoms with Gasteiger partial charge in [-0.15, -0.1) is 0 Å². The molecule has 0 unspecified atom stereocenters. The molecule has 0 spiro atoms. The van der Waals surface area contributed by atoms with Crippen molar-refractivity contribution in [2.24, 2.45) is 5.41 Å². The van der Waals surface area contributed by atoms with Gasteiger partial charge in [-0.3, -0.25) is 4.68 Å². The second-order valence-electron chi connectivity index (χ2n) is 13.1. The van der Waals surface area contributed by atoms with Crippen LogP contribution in [0.2, 0.25) is 25.7 Å². The van der Waals surface area contributed by atoms with Gasteiger partial charge in [0, 0.05) is 74.7 Å². The van der Waals surface area contributed by atoms with Crippen LogP contribution in [0.25, 0.3) is 22.3 Å². The Morgan fingerprint density at radius 1 is 1.18 bits per heavy atom. The number of benzene rings is 1. The molecule has 1 aromatic carbocycles. The molecule has 0 atom stereocenters. The minimum absolute atomic E-state index is 0.0405. The number of nitrogens with one attached hydrogen (secondary N) is 2. The average Bonchev–Trinajstić information content (AvgIpc) is 3.56. The van der Waals surface area contributed by atoms with Crippen molar-refractivity contribution in [3.05, 3.63) is 54.5 Å². The Morgan fingerprint density at radius 3 is 2.52 bits per heavy atom. The molecule has 44 heavy (non-hydrogen) atoms. The number of halogens is 2. The number of amides is 2. The number of aromatic nitrogens is 4. The Kier molecular flexibility index (Phi) is 9.09. The van der Waals surface area contributed by atoms with Crippen LogP contribution in [0.1, 0.15) is 26.8 Å². The van der Waals surface area contributed by atoms with Gasteiger partial charge < -0.3 is 29.4 Å². The molecule has 1 fully saturated rings. The van der Waals surface area contributed by atoms with Crippen LogP contribution in [0.15, 0.2) is 42.9 Å². The molecule has 0 bridgehead atoms. The topological polar surface area (TPSA) is 104 Å². The molecule has 2 N–H and O–H groups in total. The predicted molar refractivity (Wildman–Crippen MR) is 168 cm³/mol. The molecule has 0 radical (unpaired) electrons. The number of urea groups is 1. The van der Waals surface area contributed by atoms with Crippen LogP contribution in [-0.4, -0.2) is 59.8 Å². The van der Waals surface area contributed by atoms with E-state index in [4.69, 9.17) is 19.3 Å². The van der Waals surface area contributed by atoms with E-state index in [0.29, 0.717) is 48.7 Å². The molecule has 13 heteroatoms. The van der Waals surface area contributed by atoms with Crippen molar-refractivity contribution in [3.8, 4) is 22.8 Å². The van der Waals surface area contributed by atoms with Gasteiger partial charge in [0.05, 0.1) is 24.3 Å². The third kappa shape index (κ3) is 7.28. The number of rotatable bonds is 12. The van der Waals surface area contributed by atoms with Crippen molar-refractivity contribution < 1.29 is 27.8 Å². The normalized spacial score (nSPS) is 14.6. The minimum atomic E-state index is -1.28. The quantitative estimate of drug-likeness (QED) is 0.129. The highest BCUT2D eigenvalue weighted by Gasteiger charge is 2.33. The zero-order chi connectivity index (χ0) is 31.6. The molecule has 5 rings (SSSR count). The molecule has 0 aliphatic carbocycles. The fourth-order valence-corrected chi connectivity index (χ4v) is 5.49. The average molecular weight is 627 g/mol. The molecular weight excluding hydrogens is 586 g/mol. The van der Waals surface area contributed by atoms with Crippen molar-refractivity contribution in [1.82, 2.24) is 24.6 Å². The Hall–Kier alpha value is -3.81. The molecule has 2 amide bonds. The highest BCUT2D eigenvalue weighted by Crippen LogP contribution is 2.39. The number of ether oxygens (including phenoxy) is 3. The van der Waals surface area contributed by atoms with E-state index in [1.807, 2.05) is 48.5 Å². The molecule has 0 saturated carbocycles. The molecule has 1 aliphatic rings. The van der Waals surface area contributed by atoms with E-state index in [9.17, 15) is 4.79 Å². The van der Waals surface area contributed by atoms with Crippen molar-refractivity contribution >= 4 is 30.8 Å². The summed E-state index contributed by atoms with van der Waals surface area (Å²) in [6.07, 6.45) is 5.28. The number of nitrogens with zero attached hydrogens (tertiary/aromatic N) is 4. The number of carbonyl (C=O) groups is 1. The monoisotopic (exact) mass is 626 g/mol. The van der Waals surface area contributed by atoms with Gasteiger partial charge in [0.25, 0.3) is 0 Å². The second kappa shape index (κ2) is 12.7. The van der Waals surface area contributed by atoms with Crippen LogP contribution < -0.4 is 15.4 Å². The standard InChI is InChI=1S/C31H40F2N6O4Si/c1-20(2)39-10-8-25(37-39)22-15-38(19-41-11-12-44(4,5)6)29-27(22)26(7-9-34-29)43-28-23(32)13-21(14-24(28)33)36-30(40)35-16-31(3)17-42-18-31/h7-10,13-15,20H,11-12,16-19H2,1-6H3,(H2,35,36,40). The smallest absolute Gasteiger partial charge is 0.319 e. The first-order valence-electron chi connectivity index (χ1n) is 14.7. The number of anilines is 1. The van der Waals surface area contributed by atoms with Crippen LogP contribution in [0.4, 0.5) is 19.3 Å². The summed E-state index contributed by atoms with van der Waals surface area (Å²) in [5, 5.41) is 10.5. The van der Waals surface area contributed by atoms with E-state index >= 15 is 8.78 Å². The van der Waals surface area contributed by atoms with Gasteiger partial charge in [-0.1, -0.05) is 26.6 Å². The lowest BCUT2D eigenvalue weighted by atomic mass is 9.89. The van der Waals surface area contributed by atoms with E-state index in [1.165, 1.54) is 6.20 Å². The number of fused-ring (bicyclic) bond motifs is 1. The summed E-state index contributed by atoms with van der Waals surface area (Å²) < 4.78 is 51.4. The van der Waals surface area contributed by atoms with E-state index in [1.54, 1.807) is 6.07 Å². The van der Waals surface area contributed by atoms with Crippen LogP contribution >= 0.6 is 0 Å². The third-order valence-corrected chi connectivity index (χ3v) is 9.11. The molecule has 1 saturated heterocycles. The van der Waals surface area contributed by atoms with E-state index in [2.05, 4.69) is 35.3 Å². The van der Waals surface area contributed by atoms with Gasteiger partial charge in [0.2, 0.25) is 0 Å². The van der Waals surface area contributed by atoms with Crippen molar-refractivity contribution in [1.29, 1.82) is 0 Å². The molecule has 1 aliphatic heterocycles. The fraction of sp³-hybridized carbons (Fsp3) is 0.452. The summed E-state index contributed by atoms with van der Waals surface area (Å²) in [4.78, 5) is 16.9. The molecule has 3 aromatic heterocycles. The number of carbonyl (C=O) groups excluding carboxylic acids is 1. The number of pyridine rings is 1. The first-order valence-corrected chi connectivity index (χ1v) is 18.4. The summed E-state index contributed by atoms with van der Waals surface area (Å²) in [6.45, 7) is 15.2. The zero-order valence-electron chi connectivity index (χ0n) is 26.0. The molecule has 10 nitrogen and oxygen atoms in total.